The highest BCUT2D eigenvalue weighted by Gasteiger charge is 2.06. The Morgan fingerprint density at radius 1 is 1.30 bits per heavy atom. The molecule has 0 saturated heterocycles. The molecule has 0 saturated carbocycles. The van der Waals surface area contributed by atoms with Crippen LogP contribution in [0.4, 0.5) is 0 Å². The van der Waals surface area contributed by atoms with Gasteiger partial charge in [-0.1, -0.05) is 6.92 Å². The maximum atomic E-state index is 4.55. The molecular formula is C14H24IN7S. The molecule has 2 N–H and O–H groups in total. The van der Waals surface area contributed by atoms with Crippen LogP contribution in [0.2, 0.25) is 0 Å². The molecule has 0 radical (unpaired) electrons. The fourth-order valence-electron chi connectivity index (χ4n) is 1.83. The first-order chi connectivity index (χ1) is 10.6. The zero-order chi connectivity index (χ0) is 15.9. The second-order valence-corrected chi connectivity index (χ2v) is 6.04. The highest BCUT2D eigenvalue weighted by atomic mass is 127. The number of rotatable bonds is 6. The van der Waals surface area contributed by atoms with E-state index in [0.29, 0.717) is 13.1 Å². The average molecular weight is 449 g/mol. The highest BCUT2D eigenvalue weighted by Crippen LogP contribution is 2.12. The summed E-state index contributed by atoms with van der Waals surface area (Å²) in [5.41, 5.74) is 0. The molecule has 0 spiro atoms. The van der Waals surface area contributed by atoms with E-state index in [-0.39, 0.29) is 24.0 Å². The molecule has 2 rings (SSSR count). The van der Waals surface area contributed by atoms with Gasteiger partial charge in [-0.05, 0) is 20.3 Å². The number of hydrogen-bond donors (Lipinski definition) is 2. The first-order valence-corrected chi connectivity index (χ1v) is 8.26. The van der Waals surface area contributed by atoms with Gasteiger partial charge in [0.1, 0.15) is 17.4 Å². The van der Waals surface area contributed by atoms with Crippen LogP contribution in [0.5, 0.6) is 0 Å². The third kappa shape index (κ3) is 5.72. The number of hydrogen-bond acceptors (Lipinski definition) is 5. The summed E-state index contributed by atoms with van der Waals surface area (Å²) in [5, 5.41) is 15.8. The summed E-state index contributed by atoms with van der Waals surface area (Å²) >= 11 is 1.73. The van der Waals surface area contributed by atoms with E-state index in [1.165, 1.54) is 4.88 Å². The summed E-state index contributed by atoms with van der Waals surface area (Å²) in [6.45, 7) is 8.08. The Balaban J connectivity index is 0.00000264. The molecular weight excluding hydrogens is 425 g/mol. The lowest BCUT2D eigenvalue weighted by molar-refractivity contribution is 0.755. The number of thiazole rings is 1. The fourth-order valence-corrected chi connectivity index (χ4v) is 2.63. The Hall–Kier alpha value is -1.23. The van der Waals surface area contributed by atoms with Crippen molar-refractivity contribution < 1.29 is 0 Å². The normalized spacial score (nSPS) is 11.2. The van der Waals surface area contributed by atoms with E-state index in [1.807, 2.05) is 31.7 Å². The largest absolute Gasteiger partial charge is 0.357 e. The lowest BCUT2D eigenvalue weighted by atomic mass is 10.4. The summed E-state index contributed by atoms with van der Waals surface area (Å²) < 4.78 is 1.95. The van der Waals surface area contributed by atoms with Crippen LogP contribution >= 0.6 is 35.3 Å². The van der Waals surface area contributed by atoms with Crippen LogP contribution in [0.15, 0.2) is 11.2 Å². The smallest absolute Gasteiger partial charge is 0.192 e. The number of nitrogens with one attached hydrogen (secondary N) is 2. The second kappa shape index (κ2) is 9.81. The van der Waals surface area contributed by atoms with Crippen LogP contribution in [-0.2, 0) is 26.6 Å². The van der Waals surface area contributed by atoms with E-state index < -0.39 is 0 Å². The van der Waals surface area contributed by atoms with Crippen LogP contribution in [0.3, 0.4) is 0 Å². The summed E-state index contributed by atoms with van der Waals surface area (Å²) in [5.74, 6) is 2.49. The average Bonchev–Trinajstić information content (AvgIpc) is 3.11. The minimum Gasteiger partial charge on any atom is -0.357 e. The quantitative estimate of drug-likeness (QED) is 0.401. The minimum absolute atomic E-state index is 0. The predicted octanol–water partition coefficient (Wildman–Crippen LogP) is 2.02. The number of guanidine groups is 1. The molecule has 0 unspecified atom stereocenters. The van der Waals surface area contributed by atoms with Gasteiger partial charge in [0.2, 0.25) is 0 Å². The lowest BCUT2D eigenvalue weighted by Crippen LogP contribution is -2.36. The van der Waals surface area contributed by atoms with Gasteiger partial charge in [0.05, 0.1) is 6.54 Å². The Labute approximate surface area is 158 Å². The van der Waals surface area contributed by atoms with Crippen molar-refractivity contribution in [2.75, 3.05) is 6.54 Å². The lowest BCUT2D eigenvalue weighted by Gasteiger charge is -2.09. The number of aryl methyl sites for hydroxylation is 2. The van der Waals surface area contributed by atoms with Crippen molar-refractivity contribution in [2.24, 2.45) is 12.0 Å². The van der Waals surface area contributed by atoms with E-state index >= 15 is 0 Å². The van der Waals surface area contributed by atoms with Crippen molar-refractivity contribution in [3.63, 3.8) is 0 Å². The maximum absolute atomic E-state index is 4.55. The van der Waals surface area contributed by atoms with Crippen molar-refractivity contribution in [1.29, 1.82) is 0 Å². The summed E-state index contributed by atoms with van der Waals surface area (Å²) in [7, 11) is 1.95. The van der Waals surface area contributed by atoms with Gasteiger partial charge in [0.25, 0.3) is 0 Å². The van der Waals surface area contributed by atoms with Gasteiger partial charge in [-0.3, -0.25) is 0 Å². The van der Waals surface area contributed by atoms with E-state index in [4.69, 9.17) is 0 Å². The molecule has 2 aromatic heterocycles. The van der Waals surface area contributed by atoms with Crippen LogP contribution < -0.4 is 10.6 Å². The Morgan fingerprint density at radius 3 is 2.65 bits per heavy atom. The zero-order valence-corrected chi connectivity index (χ0v) is 17.1. The molecule has 0 aliphatic rings. The molecule has 23 heavy (non-hydrogen) atoms. The number of nitrogens with zero attached hydrogens (tertiary/aromatic N) is 5. The zero-order valence-electron chi connectivity index (χ0n) is 14.0. The SMILES string of the molecule is CCNC(=NCc1nnc(C)n1C)NCc1ncc(CC)s1.I. The van der Waals surface area contributed by atoms with Crippen molar-refractivity contribution in [1.82, 2.24) is 30.4 Å². The Bertz CT molecular complexity index is 635. The molecule has 128 valence electrons. The maximum Gasteiger partial charge on any atom is 0.192 e. The Kier molecular flexibility index (Phi) is 8.45. The van der Waals surface area contributed by atoms with Gasteiger partial charge in [-0.2, -0.15) is 0 Å². The Morgan fingerprint density at radius 2 is 2.09 bits per heavy atom. The van der Waals surface area contributed by atoms with Crippen LogP contribution in [-0.4, -0.2) is 32.3 Å². The molecule has 0 bridgehead atoms. The number of aliphatic imine (C=N–C) groups is 1. The second-order valence-electron chi connectivity index (χ2n) is 4.85. The molecule has 7 nitrogen and oxygen atoms in total. The van der Waals surface area contributed by atoms with E-state index in [1.54, 1.807) is 11.3 Å². The highest BCUT2D eigenvalue weighted by molar-refractivity contribution is 14.0. The van der Waals surface area contributed by atoms with Crippen molar-refractivity contribution in [2.45, 2.75) is 40.3 Å². The fraction of sp³-hybridized carbons (Fsp3) is 0.571. The van der Waals surface area contributed by atoms with E-state index in [2.05, 4.69) is 37.7 Å². The number of aromatic nitrogens is 4. The van der Waals surface area contributed by atoms with Gasteiger partial charge in [-0.25, -0.2) is 9.98 Å². The van der Waals surface area contributed by atoms with Gasteiger partial charge >= 0.3 is 0 Å². The minimum atomic E-state index is 0. The standard InChI is InChI=1S/C14H23N7S.HI/c1-5-11-7-16-13(22-11)9-18-14(15-6-2)17-8-12-20-19-10(3)21(12)4;/h7H,5-6,8-9H2,1-4H3,(H2,15,17,18);1H. The van der Waals surface area contributed by atoms with Crippen molar-refractivity contribution in [3.05, 3.63) is 27.7 Å². The number of halogens is 1. The molecule has 2 heterocycles. The van der Waals surface area contributed by atoms with E-state index in [0.717, 1.165) is 35.6 Å². The van der Waals surface area contributed by atoms with Gasteiger partial charge in [0.15, 0.2) is 11.8 Å². The summed E-state index contributed by atoms with van der Waals surface area (Å²) in [4.78, 5) is 10.2. The molecule has 9 heteroatoms. The van der Waals surface area contributed by atoms with E-state index in [9.17, 15) is 0 Å². The molecule has 2 aromatic rings. The monoisotopic (exact) mass is 449 g/mol. The van der Waals surface area contributed by atoms with Crippen LogP contribution in [0.1, 0.15) is 35.4 Å². The molecule has 0 aliphatic heterocycles. The van der Waals surface area contributed by atoms with Crippen LogP contribution in [0.25, 0.3) is 0 Å². The molecule has 0 aliphatic carbocycles. The van der Waals surface area contributed by atoms with Crippen molar-refractivity contribution in [3.8, 4) is 0 Å². The van der Waals surface area contributed by atoms with Gasteiger partial charge < -0.3 is 15.2 Å². The van der Waals surface area contributed by atoms with Crippen LogP contribution in [0, 0.1) is 6.92 Å². The summed E-state index contributed by atoms with van der Waals surface area (Å²) in [6, 6.07) is 0. The molecule has 0 fully saturated rings. The molecule has 0 amide bonds. The topological polar surface area (TPSA) is 80.0 Å². The predicted molar refractivity (Wildman–Crippen MR) is 104 cm³/mol. The summed E-state index contributed by atoms with van der Waals surface area (Å²) in [6.07, 6.45) is 2.96. The third-order valence-electron chi connectivity index (χ3n) is 3.26. The van der Waals surface area contributed by atoms with Gasteiger partial charge in [0, 0.05) is 24.7 Å². The van der Waals surface area contributed by atoms with Crippen molar-refractivity contribution >= 4 is 41.3 Å². The molecule has 0 atom stereocenters. The first-order valence-electron chi connectivity index (χ1n) is 7.44. The molecule has 0 aromatic carbocycles. The van der Waals surface area contributed by atoms with Gasteiger partial charge in [-0.15, -0.1) is 45.5 Å². The first kappa shape index (κ1) is 19.8. The third-order valence-corrected chi connectivity index (χ3v) is 4.40.